The van der Waals surface area contributed by atoms with Crippen LogP contribution in [0.2, 0.25) is 5.02 Å². The summed E-state index contributed by atoms with van der Waals surface area (Å²) < 4.78 is 4.98. The Labute approximate surface area is 168 Å². The molecule has 1 aliphatic heterocycles. The molecule has 1 amide bonds. The van der Waals surface area contributed by atoms with Crippen LogP contribution in [0.4, 0.5) is 0 Å². The second-order valence-corrected chi connectivity index (χ2v) is 7.18. The molecular formula is C22H20ClNO4. The molecule has 1 unspecified atom stereocenters. The Kier molecular flexibility index (Phi) is 6.03. The average Bonchev–Trinajstić information content (AvgIpc) is 2.66. The molecule has 0 spiro atoms. The SMILES string of the molecule is CC(=O)Oc1ccc(C(=O)N2CCCC(O)(C#Cc3cccc(Cl)c3)C2)cc1. The maximum Gasteiger partial charge on any atom is 0.308 e. The number of ether oxygens (including phenoxy) is 1. The molecule has 1 atom stereocenters. The van der Waals surface area contributed by atoms with E-state index in [0.717, 1.165) is 0 Å². The lowest BCUT2D eigenvalue weighted by Crippen LogP contribution is -2.49. The summed E-state index contributed by atoms with van der Waals surface area (Å²) in [5.41, 5.74) is -0.0955. The fraction of sp³-hybridized carbons (Fsp3) is 0.273. The molecule has 144 valence electrons. The summed E-state index contributed by atoms with van der Waals surface area (Å²) in [4.78, 5) is 25.4. The van der Waals surface area contributed by atoms with Crippen molar-refractivity contribution >= 4 is 23.5 Å². The van der Waals surface area contributed by atoms with Gasteiger partial charge in [-0.2, -0.15) is 0 Å². The minimum Gasteiger partial charge on any atom is -0.427 e. The van der Waals surface area contributed by atoms with E-state index in [-0.39, 0.29) is 12.5 Å². The topological polar surface area (TPSA) is 66.8 Å². The zero-order valence-electron chi connectivity index (χ0n) is 15.4. The highest BCUT2D eigenvalue weighted by Crippen LogP contribution is 2.23. The molecule has 1 fully saturated rings. The van der Waals surface area contributed by atoms with E-state index in [9.17, 15) is 14.7 Å². The van der Waals surface area contributed by atoms with Crippen molar-refractivity contribution in [2.75, 3.05) is 13.1 Å². The summed E-state index contributed by atoms with van der Waals surface area (Å²) in [5.74, 6) is 5.62. The molecule has 1 heterocycles. The monoisotopic (exact) mass is 397 g/mol. The van der Waals surface area contributed by atoms with Crippen molar-refractivity contribution < 1.29 is 19.4 Å². The van der Waals surface area contributed by atoms with Gasteiger partial charge in [-0.25, -0.2) is 0 Å². The summed E-state index contributed by atoms with van der Waals surface area (Å²) in [7, 11) is 0. The largest absolute Gasteiger partial charge is 0.427 e. The van der Waals surface area contributed by atoms with E-state index >= 15 is 0 Å². The molecule has 1 aliphatic rings. The van der Waals surface area contributed by atoms with Crippen molar-refractivity contribution in [2.45, 2.75) is 25.4 Å². The number of likely N-dealkylation sites (tertiary alicyclic amines) is 1. The Bertz CT molecular complexity index is 945. The van der Waals surface area contributed by atoms with E-state index in [1.54, 1.807) is 47.4 Å². The van der Waals surface area contributed by atoms with Gasteiger partial charge in [0.25, 0.3) is 5.91 Å². The van der Waals surface area contributed by atoms with Gasteiger partial charge >= 0.3 is 5.97 Å². The van der Waals surface area contributed by atoms with Gasteiger partial charge in [0.15, 0.2) is 0 Å². The Morgan fingerprint density at radius 1 is 1.21 bits per heavy atom. The Balaban J connectivity index is 1.71. The highest BCUT2D eigenvalue weighted by atomic mass is 35.5. The van der Waals surface area contributed by atoms with Crippen LogP contribution in [-0.4, -0.2) is 40.6 Å². The van der Waals surface area contributed by atoms with E-state index < -0.39 is 11.6 Å². The molecule has 0 radical (unpaired) electrons. The third-order valence-corrected chi connectivity index (χ3v) is 4.62. The van der Waals surface area contributed by atoms with Gasteiger partial charge in [0.2, 0.25) is 0 Å². The number of amides is 1. The predicted octanol–water partition coefficient (Wildman–Crippen LogP) is 3.28. The fourth-order valence-electron chi connectivity index (χ4n) is 3.08. The molecule has 6 heteroatoms. The standard InChI is InChI=1S/C22H20ClNO4/c1-16(25)28-20-8-6-18(7-9-20)21(26)24-13-3-11-22(27,15-24)12-10-17-4-2-5-19(23)14-17/h2,4-9,14,27H,3,11,13,15H2,1H3. The van der Waals surface area contributed by atoms with Crippen molar-refractivity contribution in [2.24, 2.45) is 0 Å². The van der Waals surface area contributed by atoms with Crippen LogP contribution in [-0.2, 0) is 4.79 Å². The zero-order chi connectivity index (χ0) is 20.1. The van der Waals surface area contributed by atoms with Gasteiger partial charge in [-0.3, -0.25) is 9.59 Å². The second kappa shape index (κ2) is 8.47. The van der Waals surface area contributed by atoms with E-state index in [2.05, 4.69) is 11.8 Å². The molecule has 0 saturated carbocycles. The number of aliphatic hydroxyl groups is 1. The summed E-state index contributed by atoms with van der Waals surface area (Å²) in [6, 6.07) is 13.5. The first-order valence-electron chi connectivity index (χ1n) is 8.93. The zero-order valence-corrected chi connectivity index (χ0v) is 16.2. The molecule has 3 rings (SSSR count). The summed E-state index contributed by atoms with van der Waals surface area (Å²) in [6.07, 6.45) is 1.15. The molecular weight excluding hydrogens is 378 g/mol. The number of benzene rings is 2. The molecule has 28 heavy (non-hydrogen) atoms. The average molecular weight is 398 g/mol. The lowest BCUT2D eigenvalue weighted by Gasteiger charge is -2.36. The van der Waals surface area contributed by atoms with Crippen LogP contribution < -0.4 is 4.74 Å². The number of rotatable bonds is 2. The maximum atomic E-state index is 12.8. The van der Waals surface area contributed by atoms with Gasteiger partial charge in [0, 0.05) is 29.6 Å². The van der Waals surface area contributed by atoms with Crippen LogP contribution in [0.5, 0.6) is 5.75 Å². The minimum atomic E-state index is -1.27. The normalized spacial score (nSPS) is 18.8. The highest BCUT2D eigenvalue weighted by molar-refractivity contribution is 6.30. The number of piperidine rings is 1. The molecule has 5 nitrogen and oxygen atoms in total. The van der Waals surface area contributed by atoms with Gasteiger partial charge < -0.3 is 14.7 Å². The van der Waals surface area contributed by atoms with Gasteiger partial charge in [-0.15, -0.1) is 0 Å². The molecule has 2 aromatic carbocycles. The van der Waals surface area contributed by atoms with Crippen molar-refractivity contribution in [3.05, 3.63) is 64.7 Å². The number of carbonyl (C=O) groups is 2. The fourth-order valence-corrected chi connectivity index (χ4v) is 3.27. The molecule has 2 aromatic rings. The van der Waals surface area contributed by atoms with Gasteiger partial charge in [0.05, 0.1) is 6.54 Å². The first-order valence-corrected chi connectivity index (χ1v) is 9.31. The number of carbonyl (C=O) groups excluding carboxylic acids is 2. The van der Waals surface area contributed by atoms with Crippen LogP contribution in [0.25, 0.3) is 0 Å². The van der Waals surface area contributed by atoms with E-state index in [1.165, 1.54) is 6.92 Å². The molecule has 1 saturated heterocycles. The number of hydrogen-bond acceptors (Lipinski definition) is 4. The quantitative estimate of drug-likeness (QED) is 0.479. The summed E-state index contributed by atoms with van der Waals surface area (Å²) in [5, 5.41) is 11.4. The van der Waals surface area contributed by atoms with Crippen molar-refractivity contribution in [3.8, 4) is 17.6 Å². The van der Waals surface area contributed by atoms with Crippen LogP contribution in [0.15, 0.2) is 48.5 Å². The van der Waals surface area contributed by atoms with E-state index in [0.29, 0.717) is 41.3 Å². The number of esters is 1. The van der Waals surface area contributed by atoms with Crippen molar-refractivity contribution in [1.82, 2.24) is 4.90 Å². The number of halogens is 1. The van der Waals surface area contributed by atoms with Crippen LogP contribution in [0, 0.1) is 11.8 Å². The van der Waals surface area contributed by atoms with Crippen molar-refractivity contribution in [3.63, 3.8) is 0 Å². The lowest BCUT2D eigenvalue weighted by molar-refractivity contribution is -0.131. The smallest absolute Gasteiger partial charge is 0.308 e. The molecule has 0 aromatic heterocycles. The number of nitrogens with zero attached hydrogens (tertiary/aromatic N) is 1. The minimum absolute atomic E-state index is 0.130. The van der Waals surface area contributed by atoms with E-state index in [4.69, 9.17) is 16.3 Å². The summed E-state index contributed by atoms with van der Waals surface area (Å²) >= 11 is 5.96. The van der Waals surface area contributed by atoms with Crippen LogP contribution in [0.3, 0.4) is 0 Å². The Morgan fingerprint density at radius 2 is 1.96 bits per heavy atom. The second-order valence-electron chi connectivity index (χ2n) is 6.74. The van der Waals surface area contributed by atoms with Gasteiger partial charge in [0.1, 0.15) is 11.4 Å². The van der Waals surface area contributed by atoms with Crippen molar-refractivity contribution in [1.29, 1.82) is 0 Å². The van der Waals surface area contributed by atoms with Crippen LogP contribution in [0.1, 0.15) is 35.7 Å². The summed E-state index contributed by atoms with van der Waals surface area (Å²) in [6.45, 7) is 1.99. The lowest BCUT2D eigenvalue weighted by atomic mass is 9.92. The molecule has 1 N–H and O–H groups in total. The van der Waals surface area contributed by atoms with Gasteiger partial charge in [-0.05, 0) is 55.3 Å². The number of β-amino-alcohol motifs (C(OH)–C–C–N with tert-alkyl or cyclic N) is 1. The van der Waals surface area contributed by atoms with Crippen LogP contribution >= 0.6 is 11.6 Å². The third kappa shape index (κ3) is 5.13. The van der Waals surface area contributed by atoms with E-state index in [1.807, 2.05) is 6.07 Å². The predicted molar refractivity (Wildman–Crippen MR) is 106 cm³/mol. The maximum absolute atomic E-state index is 12.8. The highest BCUT2D eigenvalue weighted by Gasteiger charge is 2.34. The first kappa shape index (κ1) is 19.9. The Morgan fingerprint density at radius 3 is 2.64 bits per heavy atom. The molecule has 0 bridgehead atoms. The number of hydrogen-bond donors (Lipinski definition) is 1. The Hall–Kier alpha value is -2.81. The third-order valence-electron chi connectivity index (χ3n) is 4.39. The first-order chi connectivity index (χ1) is 13.3. The van der Waals surface area contributed by atoms with Gasteiger partial charge in [-0.1, -0.05) is 29.5 Å². The molecule has 0 aliphatic carbocycles.